The third-order valence-corrected chi connectivity index (χ3v) is 3.31. The maximum atomic E-state index is 12.0. The summed E-state index contributed by atoms with van der Waals surface area (Å²) in [7, 11) is 0. The lowest BCUT2D eigenvalue weighted by molar-refractivity contribution is -0.0633. The molecule has 0 aromatic heterocycles. The van der Waals surface area contributed by atoms with E-state index in [-0.39, 0.29) is 11.3 Å². The molecule has 5 atom stereocenters. The van der Waals surface area contributed by atoms with Crippen LogP contribution in [0.3, 0.4) is 0 Å². The van der Waals surface area contributed by atoms with E-state index in [2.05, 4.69) is 0 Å². The molecule has 2 rings (SSSR count). The van der Waals surface area contributed by atoms with Crippen LogP contribution in [0, 0.1) is 0 Å². The average Bonchev–Trinajstić information content (AvgIpc) is 2.74. The van der Waals surface area contributed by atoms with Crippen molar-refractivity contribution in [3.8, 4) is 5.75 Å². The highest BCUT2D eigenvalue weighted by molar-refractivity contribution is 5.99. The predicted molar refractivity (Wildman–Crippen MR) is 66.2 cm³/mol. The third-order valence-electron chi connectivity index (χ3n) is 3.31. The van der Waals surface area contributed by atoms with E-state index in [0.717, 1.165) is 0 Å². The third kappa shape index (κ3) is 2.67. The molecule has 0 saturated carbocycles. The van der Waals surface area contributed by atoms with Gasteiger partial charge in [0.1, 0.15) is 36.3 Å². The van der Waals surface area contributed by atoms with Crippen molar-refractivity contribution >= 4 is 5.78 Å². The van der Waals surface area contributed by atoms with Crippen molar-refractivity contribution in [2.45, 2.75) is 30.5 Å². The number of aliphatic hydroxyl groups excluding tert-OH is 4. The van der Waals surface area contributed by atoms with Gasteiger partial charge in [0.05, 0.1) is 6.61 Å². The fourth-order valence-electron chi connectivity index (χ4n) is 2.13. The number of hydrogen-bond donors (Lipinski definition) is 5. The second kappa shape index (κ2) is 5.86. The van der Waals surface area contributed by atoms with Gasteiger partial charge in [-0.25, -0.2) is 0 Å². The number of benzene rings is 1. The van der Waals surface area contributed by atoms with Gasteiger partial charge >= 0.3 is 0 Å². The lowest BCUT2D eigenvalue weighted by Gasteiger charge is -2.20. The first kappa shape index (κ1) is 14.9. The Bertz CT molecular complexity index is 472. The lowest BCUT2D eigenvalue weighted by Crippen LogP contribution is -2.43. The van der Waals surface area contributed by atoms with Crippen molar-refractivity contribution in [2.75, 3.05) is 6.61 Å². The summed E-state index contributed by atoms with van der Waals surface area (Å²) < 4.78 is 5.09. The summed E-state index contributed by atoms with van der Waals surface area (Å²) in [6.45, 7) is -0.533. The van der Waals surface area contributed by atoms with Crippen molar-refractivity contribution < 1.29 is 35.1 Å². The molecule has 110 valence electrons. The summed E-state index contributed by atoms with van der Waals surface area (Å²) in [5, 5.41) is 47.3. The molecule has 20 heavy (non-hydrogen) atoms. The molecule has 1 aliphatic heterocycles. The molecule has 0 aliphatic carbocycles. The molecule has 1 fully saturated rings. The molecule has 1 aliphatic rings. The maximum Gasteiger partial charge on any atom is 0.194 e. The lowest BCUT2D eigenvalue weighted by atomic mass is 9.97. The zero-order valence-electron chi connectivity index (χ0n) is 10.5. The number of ketones is 1. The quantitative estimate of drug-likeness (QED) is 0.422. The van der Waals surface area contributed by atoms with Gasteiger partial charge < -0.3 is 30.3 Å². The van der Waals surface area contributed by atoms with Crippen molar-refractivity contribution in [2.24, 2.45) is 0 Å². The number of phenols is 1. The number of Topliss-reactive ketones (excluding diaryl/α,β-unsaturated/α-hetero) is 1. The summed E-state index contributed by atoms with van der Waals surface area (Å²) in [5.41, 5.74) is 0.132. The summed E-state index contributed by atoms with van der Waals surface area (Å²) in [6.07, 6.45) is -6.88. The Morgan fingerprint density at radius 2 is 1.80 bits per heavy atom. The number of carbonyl (C=O) groups excluding carboxylic acids is 1. The number of hydrogen-bond acceptors (Lipinski definition) is 7. The van der Waals surface area contributed by atoms with Gasteiger partial charge in [-0.3, -0.25) is 4.79 Å². The highest BCUT2D eigenvalue weighted by Crippen LogP contribution is 2.25. The molecular weight excluding hydrogens is 268 g/mol. The Morgan fingerprint density at radius 3 is 2.30 bits per heavy atom. The minimum atomic E-state index is -1.68. The zero-order valence-corrected chi connectivity index (χ0v) is 10.5. The Hall–Kier alpha value is -1.51. The van der Waals surface area contributed by atoms with Gasteiger partial charge in [0.2, 0.25) is 0 Å². The van der Waals surface area contributed by atoms with Gasteiger partial charge in [-0.05, 0) is 24.3 Å². The Labute approximate surface area is 114 Å². The topological polar surface area (TPSA) is 127 Å². The molecule has 1 saturated heterocycles. The highest BCUT2D eigenvalue weighted by atomic mass is 16.6. The van der Waals surface area contributed by atoms with Crippen LogP contribution in [-0.2, 0) is 4.74 Å². The fraction of sp³-hybridized carbons (Fsp3) is 0.462. The minimum Gasteiger partial charge on any atom is -0.508 e. The zero-order chi connectivity index (χ0) is 14.9. The normalized spacial score (nSPS) is 31.2. The van der Waals surface area contributed by atoms with E-state index in [1.54, 1.807) is 0 Å². The average molecular weight is 284 g/mol. The molecule has 7 heteroatoms. The molecule has 1 aromatic rings. The van der Waals surface area contributed by atoms with Crippen LogP contribution in [0.1, 0.15) is 10.4 Å². The van der Waals surface area contributed by atoms with E-state index >= 15 is 0 Å². The van der Waals surface area contributed by atoms with Gasteiger partial charge in [0, 0.05) is 5.56 Å². The summed E-state index contributed by atoms with van der Waals surface area (Å²) in [6, 6.07) is 5.22. The first-order chi connectivity index (χ1) is 9.45. The fourth-order valence-corrected chi connectivity index (χ4v) is 2.13. The summed E-state index contributed by atoms with van der Waals surface area (Å²) in [5.74, 6) is -0.733. The molecule has 1 heterocycles. The van der Waals surface area contributed by atoms with Crippen molar-refractivity contribution in [3.05, 3.63) is 29.8 Å². The SMILES string of the molecule is O=C(c1ccc(O)cc1)C(O)[C@H]1O[C@H](CO)[C@@H](O)[C@@H]1O. The monoisotopic (exact) mass is 284 g/mol. The van der Waals surface area contributed by atoms with E-state index < -0.39 is 42.9 Å². The van der Waals surface area contributed by atoms with Crippen molar-refractivity contribution in [1.29, 1.82) is 0 Å². The van der Waals surface area contributed by atoms with E-state index in [1.807, 2.05) is 0 Å². The van der Waals surface area contributed by atoms with Crippen LogP contribution in [-0.4, -0.2) is 68.4 Å². The van der Waals surface area contributed by atoms with Gasteiger partial charge in [-0.1, -0.05) is 0 Å². The number of carbonyl (C=O) groups is 1. The predicted octanol–water partition coefficient (Wildman–Crippen LogP) is -1.58. The van der Waals surface area contributed by atoms with Gasteiger partial charge in [0.15, 0.2) is 5.78 Å². The van der Waals surface area contributed by atoms with E-state index in [9.17, 15) is 20.1 Å². The van der Waals surface area contributed by atoms with E-state index in [4.69, 9.17) is 14.9 Å². The maximum absolute atomic E-state index is 12.0. The largest absolute Gasteiger partial charge is 0.508 e. The first-order valence-corrected chi connectivity index (χ1v) is 6.09. The number of aliphatic hydroxyl groups is 4. The number of ether oxygens (including phenoxy) is 1. The molecule has 1 unspecified atom stereocenters. The van der Waals surface area contributed by atoms with Gasteiger partial charge in [-0.15, -0.1) is 0 Å². The smallest absolute Gasteiger partial charge is 0.194 e. The van der Waals surface area contributed by atoms with Crippen molar-refractivity contribution in [1.82, 2.24) is 0 Å². The van der Waals surface area contributed by atoms with Gasteiger partial charge in [-0.2, -0.15) is 0 Å². The molecule has 1 aromatic carbocycles. The second-order valence-corrected chi connectivity index (χ2v) is 4.66. The Kier molecular flexibility index (Phi) is 4.36. The standard InChI is InChI=1S/C13H16O7/c14-5-8-10(17)12(19)13(20-8)11(18)9(16)6-1-3-7(15)4-2-6/h1-4,8,10-15,17-19H,5H2/t8-,10-,11?,12+,13-/m1/s1. The number of aromatic hydroxyl groups is 1. The molecule has 7 nitrogen and oxygen atoms in total. The Morgan fingerprint density at radius 1 is 1.20 bits per heavy atom. The van der Waals surface area contributed by atoms with Crippen LogP contribution < -0.4 is 0 Å². The van der Waals surface area contributed by atoms with Crippen LogP contribution in [0.2, 0.25) is 0 Å². The summed E-state index contributed by atoms with van der Waals surface area (Å²) in [4.78, 5) is 12.0. The molecule has 0 radical (unpaired) electrons. The Balaban J connectivity index is 2.13. The summed E-state index contributed by atoms with van der Waals surface area (Å²) >= 11 is 0. The number of rotatable bonds is 4. The molecule has 0 amide bonds. The number of phenolic OH excluding ortho intramolecular Hbond substituents is 1. The van der Waals surface area contributed by atoms with E-state index in [0.29, 0.717) is 0 Å². The minimum absolute atomic E-state index is 0.0241. The van der Waals surface area contributed by atoms with Crippen LogP contribution in [0.25, 0.3) is 0 Å². The first-order valence-electron chi connectivity index (χ1n) is 6.09. The second-order valence-electron chi connectivity index (χ2n) is 4.66. The van der Waals surface area contributed by atoms with Crippen molar-refractivity contribution in [3.63, 3.8) is 0 Å². The van der Waals surface area contributed by atoms with Crippen LogP contribution in [0.15, 0.2) is 24.3 Å². The molecular formula is C13H16O7. The van der Waals surface area contributed by atoms with E-state index in [1.165, 1.54) is 24.3 Å². The van der Waals surface area contributed by atoms with Gasteiger partial charge in [0.25, 0.3) is 0 Å². The molecule has 0 spiro atoms. The molecule has 5 N–H and O–H groups in total. The van der Waals surface area contributed by atoms with Crippen LogP contribution in [0.4, 0.5) is 0 Å². The molecule has 0 bridgehead atoms. The highest BCUT2D eigenvalue weighted by Gasteiger charge is 2.47. The van der Waals surface area contributed by atoms with Crippen LogP contribution in [0.5, 0.6) is 5.75 Å². The van der Waals surface area contributed by atoms with Crippen LogP contribution >= 0.6 is 0 Å².